The van der Waals surface area contributed by atoms with E-state index in [2.05, 4.69) is 0 Å². The van der Waals surface area contributed by atoms with Crippen LogP contribution in [0.5, 0.6) is 17.2 Å². The highest BCUT2D eigenvalue weighted by atomic mass is 16.6. The SMILES string of the molecule is CCc1cc2c(=O)c(-c3ccc4c(c3)OCCO4)c(C)oc2cc1OC(=O)c1ccco1. The number of ether oxygens (including phenoxy) is 3. The van der Waals surface area contributed by atoms with Gasteiger partial charge in [0.15, 0.2) is 11.5 Å². The fourth-order valence-electron chi connectivity index (χ4n) is 3.83. The van der Waals surface area contributed by atoms with Crippen LogP contribution < -0.4 is 19.6 Å². The van der Waals surface area contributed by atoms with Gasteiger partial charge in [-0.25, -0.2) is 4.79 Å². The van der Waals surface area contributed by atoms with Gasteiger partial charge in [-0.1, -0.05) is 13.0 Å². The number of rotatable bonds is 4. The van der Waals surface area contributed by atoms with Gasteiger partial charge in [-0.2, -0.15) is 0 Å². The van der Waals surface area contributed by atoms with Gasteiger partial charge in [-0.15, -0.1) is 0 Å². The smallest absolute Gasteiger partial charge is 0.379 e. The summed E-state index contributed by atoms with van der Waals surface area (Å²) in [5, 5.41) is 0.412. The third kappa shape index (κ3) is 3.41. The summed E-state index contributed by atoms with van der Waals surface area (Å²) in [6.07, 6.45) is 1.96. The van der Waals surface area contributed by atoms with E-state index in [1.54, 1.807) is 37.3 Å². The number of carbonyl (C=O) groups excluding carboxylic acids is 1. The average molecular weight is 432 g/mol. The van der Waals surface area contributed by atoms with Crippen molar-refractivity contribution < 1.29 is 27.8 Å². The summed E-state index contributed by atoms with van der Waals surface area (Å²) >= 11 is 0. The molecule has 0 saturated heterocycles. The minimum atomic E-state index is -0.615. The Labute approximate surface area is 183 Å². The number of carbonyl (C=O) groups is 1. The third-order valence-corrected chi connectivity index (χ3v) is 5.39. The molecule has 2 aromatic heterocycles. The summed E-state index contributed by atoms with van der Waals surface area (Å²) in [5.74, 6) is 1.51. The topological polar surface area (TPSA) is 88.1 Å². The molecule has 0 spiro atoms. The second-order valence-corrected chi connectivity index (χ2v) is 7.40. The van der Waals surface area contributed by atoms with E-state index in [0.717, 1.165) is 0 Å². The molecule has 2 aromatic carbocycles. The molecule has 0 aliphatic carbocycles. The van der Waals surface area contributed by atoms with E-state index in [0.29, 0.717) is 70.3 Å². The van der Waals surface area contributed by atoms with E-state index in [9.17, 15) is 9.59 Å². The predicted molar refractivity (Wildman–Crippen MR) is 117 cm³/mol. The lowest BCUT2D eigenvalue weighted by Crippen LogP contribution is -2.15. The van der Waals surface area contributed by atoms with Crippen LogP contribution in [0.3, 0.4) is 0 Å². The third-order valence-electron chi connectivity index (χ3n) is 5.39. The first-order chi connectivity index (χ1) is 15.5. The van der Waals surface area contributed by atoms with Crippen LogP contribution in [0.25, 0.3) is 22.1 Å². The second-order valence-electron chi connectivity index (χ2n) is 7.40. The van der Waals surface area contributed by atoms with Crippen molar-refractivity contribution in [3.8, 4) is 28.4 Å². The molecule has 0 radical (unpaired) electrons. The Bertz CT molecular complexity index is 1380. The Hall–Kier alpha value is -4.00. The van der Waals surface area contributed by atoms with Crippen molar-refractivity contribution in [1.29, 1.82) is 0 Å². The monoisotopic (exact) mass is 432 g/mol. The van der Waals surface area contributed by atoms with E-state index in [1.807, 2.05) is 13.0 Å². The Balaban J connectivity index is 1.60. The van der Waals surface area contributed by atoms with Crippen LogP contribution >= 0.6 is 0 Å². The van der Waals surface area contributed by atoms with Crippen molar-refractivity contribution in [2.45, 2.75) is 20.3 Å². The zero-order valence-corrected chi connectivity index (χ0v) is 17.6. The highest BCUT2D eigenvalue weighted by Gasteiger charge is 2.20. The zero-order valence-electron chi connectivity index (χ0n) is 17.6. The molecule has 1 aliphatic heterocycles. The van der Waals surface area contributed by atoms with Crippen LogP contribution in [0.4, 0.5) is 0 Å². The number of hydrogen-bond acceptors (Lipinski definition) is 7. The lowest BCUT2D eigenvalue weighted by Gasteiger charge is -2.19. The summed E-state index contributed by atoms with van der Waals surface area (Å²) in [5.41, 5.74) is 2.03. The molecule has 0 saturated carbocycles. The molecular weight excluding hydrogens is 412 g/mol. The Kier molecular flexibility index (Phi) is 4.93. The van der Waals surface area contributed by atoms with Gasteiger partial charge in [0, 0.05) is 6.07 Å². The van der Waals surface area contributed by atoms with Gasteiger partial charge in [-0.05, 0) is 54.8 Å². The van der Waals surface area contributed by atoms with E-state index < -0.39 is 5.97 Å². The average Bonchev–Trinajstić information content (AvgIpc) is 3.34. The minimum Gasteiger partial charge on any atom is -0.486 e. The summed E-state index contributed by atoms with van der Waals surface area (Å²) in [7, 11) is 0. The first kappa shape index (κ1) is 19.9. The molecule has 0 bridgehead atoms. The number of hydrogen-bond donors (Lipinski definition) is 0. The number of aryl methyl sites for hydroxylation is 2. The molecule has 1 aliphatic rings. The van der Waals surface area contributed by atoms with Crippen molar-refractivity contribution in [1.82, 2.24) is 0 Å². The molecule has 7 nitrogen and oxygen atoms in total. The van der Waals surface area contributed by atoms with E-state index in [4.69, 9.17) is 23.0 Å². The number of furan rings is 1. The molecule has 7 heteroatoms. The molecule has 0 N–H and O–H groups in total. The number of benzene rings is 2. The van der Waals surface area contributed by atoms with Gasteiger partial charge in [-0.3, -0.25) is 4.79 Å². The molecule has 0 fully saturated rings. The molecule has 0 amide bonds. The summed E-state index contributed by atoms with van der Waals surface area (Å²) < 4.78 is 27.9. The first-order valence-corrected chi connectivity index (χ1v) is 10.3. The maximum absolute atomic E-state index is 13.5. The maximum Gasteiger partial charge on any atom is 0.379 e. The fourth-order valence-corrected chi connectivity index (χ4v) is 3.83. The largest absolute Gasteiger partial charge is 0.486 e. The van der Waals surface area contributed by atoms with Crippen LogP contribution in [0.2, 0.25) is 0 Å². The predicted octanol–water partition coefficient (Wildman–Crippen LogP) is 4.91. The first-order valence-electron chi connectivity index (χ1n) is 10.3. The lowest BCUT2D eigenvalue weighted by atomic mass is 10.00. The standard InChI is InChI=1S/C25H20O7/c1-3-15-11-17-21(13-20(15)32-25(27)19-5-4-8-28-19)31-14(2)23(24(17)26)16-6-7-18-22(12-16)30-10-9-29-18/h4-8,11-13H,3,9-10H2,1-2H3. The highest BCUT2D eigenvalue weighted by Crippen LogP contribution is 2.36. The van der Waals surface area contributed by atoms with Crippen LogP contribution in [-0.4, -0.2) is 19.2 Å². The van der Waals surface area contributed by atoms with Crippen molar-refractivity contribution in [3.63, 3.8) is 0 Å². The summed E-state index contributed by atoms with van der Waals surface area (Å²) in [4.78, 5) is 25.8. The molecule has 32 heavy (non-hydrogen) atoms. The van der Waals surface area contributed by atoms with Gasteiger partial charge >= 0.3 is 5.97 Å². The molecule has 3 heterocycles. The van der Waals surface area contributed by atoms with Crippen molar-refractivity contribution >= 4 is 16.9 Å². The maximum atomic E-state index is 13.5. The minimum absolute atomic E-state index is 0.0961. The van der Waals surface area contributed by atoms with Gasteiger partial charge in [0.1, 0.15) is 30.3 Å². The molecule has 4 aromatic rings. The fraction of sp³-hybridized carbons (Fsp3) is 0.200. The molecule has 162 valence electrons. The van der Waals surface area contributed by atoms with Gasteiger partial charge in [0.2, 0.25) is 11.2 Å². The molecule has 0 atom stereocenters. The van der Waals surface area contributed by atoms with Crippen molar-refractivity contribution in [2.24, 2.45) is 0 Å². The van der Waals surface area contributed by atoms with Crippen LogP contribution in [0.1, 0.15) is 28.8 Å². The number of fused-ring (bicyclic) bond motifs is 2. The Morgan fingerprint density at radius 1 is 1.06 bits per heavy atom. The van der Waals surface area contributed by atoms with Crippen LogP contribution in [0, 0.1) is 6.92 Å². The van der Waals surface area contributed by atoms with Gasteiger partial charge in [0.25, 0.3) is 0 Å². The zero-order chi connectivity index (χ0) is 22.2. The van der Waals surface area contributed by atoms with Crippen LogP contribution in [-0.2, 0) is 6.42 Å². The van der Waals surface area contributed by atoms with Gasteiger partial charge in [0.05, 0.1) is 17.2 Å². The normalized spacial score (nSPS) is 12.7. The summed E-state index contributed by atoms with van der Waals surface area (Å²) in [6.45, 7) is 4.61. The quantitative estimate of drug-likeness (QED) is 0.334. The highest BCUT2D eigenvalue weighted by molar-refractivity contribution is 5.90. The number of esters is 1. The molecule has 0 unspecified atom stereocenters. The van der Waals surface area contributed by atoms with E-state index in [-0.39, 0.29) is 11.2 Å². The van der Waals surface area contributed by atoms with E-state index in [1.165, 1.54) is 12.3 Å². The molecular formula is C25H20O7. The Morgan fingerprint density at radius 2 is 1.88 bits per heavy atom. The van der Waals surface area contributed by atoms with Gasteiger partial charge < -0.3 is 23.0 Å². The molecule has 5 rings (SSSR count). The summed E-state index contributed by atoms with van der Waals surface area (Å²) in [6, 6.07) is 11.8. The van der Waals surface area contributed by atoms with Crippen molar-refractivity contribution in [2.75, 3.05) is 13.2 Å². The lowest BCUT2D eigenvalue weighted by molar-refractivity contribution is 0.0700. The Morgan fingerprint density at radius 3 is 2.62 bits per heavy atom. The van der Waals surface area contributed by atoms with Crippen molar-refractivity contribution in [3.05, 3.63) is 76.0 Å². The van der Waals surface area contributed by atoms with E-state index >= 15 is 0 Å². The second kappa shape index (κ2) is 7.92. The van der Waals surface area contributed by atoms with Crippen LogP contribution in [0.15, 0.2) is 62.4 Å².